The number of amides is 1. The first-order valence-electron chi connectivity index (χ1n) is 13.2. The maximum absolute atomic E-state index is 14.1. The Bertz CT molecular complexity index is 1330. The van der Waals surface area contributed by atoms with Crippen LogP contribution in [0.2, 0.25) is 10.0 Å². The molecule has 2 aromatic rings. The van der Waals surface area contributed by atoms with Gasteiger partial charge in [0.25, 0.3) is 5.91 Å². The van der Waals surface area contributed by atoms with Crippen LogP contribution in [0.1, 0.15) is 62.3 Å². The van der Waals surface area contributed by atoms with Gasteiger partial charge in [-0.1, -0.05) is 47.5 Å². The molecule has 1 aliphatic carbocycles. The topological polar surface area (TPSA) is 104 Å². The Hall–Kier alpha value is -2.17. The fourth-order valence-corrected chi connectivity index (χ4v) is 8.36. The first-order chi connectivity index (χ1) is 18.5. The third-order valence-corrected chi connectivity index (χ3v) is 10.4. The lowest BCUT2D eigenvalue weighted by Gasteiger charge is -2.48. The summed E-state index contributed by atoms with van der Waals surface area (Å²) in [6.07, 6.45) is 0.599. The summed E-state index contributed by atoms with van der Waals surface area (Å²) in [5.74, 6) is -1.93. The number of benzene rings is 2. The van der Waals surface area contributed by atoms with Gasteiger partial charge in [-0.3, -0.25) is 9.59 Å². The van der Waals surface area contributed by atoms with Gasteiger partial charge in [-0.15, -0.1) is 0 Å². The Morgan fingerprint density at radius 3 is 2.38 bits per heavy atom. The van der Waals surface area contributed by atoms with Crippen molar-refractivity contribution in [2.45, 2.75) is 69.4 Å². The van der Waals surface area contributed by atoms with Gasteiger partial charge < -0.3 is 14.7 Å². The molecule has 3 fully saturated rings. The van der Waals surface area contributed by atoms with Crippen LogP contribution >= 0.6 is 23.2 Å². The molecule has 8 nitrogen and oxygen atoms in total. The minimum atomic E-state index is -3.69. The molecule has 2 heterocycles. The van der Waals surface area contributed by atoms with E-state index in [-0.39, 0.29) is 17.7 Å². The molecule has 2 aliphatic heterocycles. The van der Waals surface area contributed by atoms with Crippen molar-refractivity contribution in [2.75, 3.05) is 12.3 Å². The van der Waals surface area contributed by atoms with Gasteiger partial charge in [-0.25, -0.2) is 8.42 Å². The van der Waals surface area contributed by atoms with Crippen molar-refractivity contribution in [1.29, 1.82) is 0 Å². The van der Waals surface area contributed by atoms with E-state index in [9.17, 15) is 23.1 Å². The molecular formula is C28H32Cl2N2O6S. The number of halogens is 2. The average molecular weight is 596 g/mol. The van der Waals surface area contributed by atoms with E-state index in [1.54, 1.807) is 51.7 Å². The molecule has 2 aromatic carbocycles. The number of rotatable bonds is 9. The van der Waals surface area contributed by atoms with E-state index in [2.05, 4.69) is 0 Å². The van der Waals surface area contributed by atoms with Crippen LogP contribution in [0.4, 0.5) is 0 Å². The Labute approximate surface area is 238 Å². The molecule has 11 heteroatoms. The monoisotopic (exact) mass is 594 g/mol. The summed E-state index contributed by atoms with van der Waals surface area (Å²) in [6.45, 7) is 2.37. The van der Waals surface area contributed by atoms with Crippen LogP contribution in [0.5, 0.6) is 0 Å². The van der Waals surface area contributed by atoms with Gasteiger partial charge in [0.2, 0.25) is 10.0 Å². The van der Waals surface area contributed by atoms with Gasteiger partial charge in [0, 0.05) is 22.6 Å². The molecular weight excluding hydrogens is 563 g/mol. The zero-order valence-corrected chi connectivity index (χ0v) is 23.9. The predicted molar refractivity (Wildman–Crippen MR) is 148 cm³/mol. The first-order valence-corrected chi connectivity index (χ1v) is 15.6. The maximum Gasteiger partial charge on any atom is 0.306 e. The summed E-state index contributed by atoms with van der Waals surface area (Å²) in [4.78, 5) is 27.5. The molecule has 3 aliphatic rings. The number of hydrogen-bond donors (Lipinski definition) is 1. The highest BCUT2D eigenvalue weighted by Crippen LogP contribution is 2.48. The quantitative estimate of drug-likeness (QED) is 0.434. The van der Waals surface area contributed by atoms with E-state index in [0.29, 0.717) is 27.7 Å². The molecule has 0 unspecified atom stereocenters. The molecule has 39 heavy (non-hydrogen) atoms. The van der Waals surface area contributed by atoms with Gasteiger partial charge in [0.1, 0.15) is 12.2 Å². The van der Waals surface area contributed by atoms with Gasteiger partial charge >= 0.3 is 5.97 Å². The Morgan fingerprint density at radius 1 is 1.08 bits per heavy atom. The third-order valence-electron chi connectivity index (χ3n) is 7.93. The number of carbonyl (C=O) groups excluding carboxylic acids is 1. The number of nitrogens with zero attached hydrogens (tertiary/aromatic N) is 2. The summed E-state index contributed by atoms with van der Waals surface area (Å²) in [5.41, 5.74) is 1.38. The standard InChI is InChI=1S/C28H32Cl2N2O6S/c1-17-4-3-13-31(17)39(36,37)16-23(18-7-8-18)32-26(19-9-11-21(29)12-10-19)27(20-5-2-6-22(30)14-20)38-24(28(32)35)15-25(33)34/h2,5-6,9-12,14,17-18,23-24,26-27H,3-4,7-8,13,15-16H2,1H3,(H,33,34)/t17-,23-,24-,26-,27-/m1/s1. The van der Waals surface area contributed by atoms with Crippen molar-refractivity contribution in [3.05, 3.63) is 69.7 Å². The highest BCUT2D eigenvalue weighted by Gasteiger charge is 2.52. The van der Waals surface area contributed by atoms with Gasteiger partial charge in [-0.2, -0.15) is 4.31 Å². The Kier molecular flexibility index (Phi) is 8.27. The summed E-state index contributed by atoms with van der Waals surface area (Å²) in [7, 11) is -3.69. The van der Waals surface area contributed by atoms with Crippen LogP contribution < -0.4 is 0 Å². The fraction of sp³-hybridized carbons (Fsp3) is 0.500. The zero-order valence-electron chi connectivity index (χ0n) is 21.6. The lowest BCUT2D eigenvalue weighted by atomic mass is 9.89. The molecule has 0 bridgehead atoms. The summed E-state index contributed by atoms with van der Waals surface area (Å²) in [6, 6.07) is 12.6. The second-order valence-electron chi connectivity index (χ2n) is 10.7. The van der Waals surface area contributed by atoms with Gasteiger partial charge in [0.05, 0.1) is 24.3 Å². The van der Waals surface area contributed by atoms with E-state index in [4.69, 9.17) is 27.9 Å². The van der Waals surface area contributed by atoms with Crippen molar-refractivity contribution in [1.82, 2.24) is 9.21 Å². The number of aliphatic carboxylic acids is 1. The summed E-state index contributed by atoms with van der Waals surface area (Å²) < 4.78 is 35.2. The van der Waals surface area contributed by atoms with Crippen molar-refractivity contribution in [3.8, 4) is 0 Å². The van der Waals surface area contributed by atoms with Gasteiger partial charge in [0.15, 0.2) is 0 Å². The lowest BCUT2D eigenvalue weighted by molar-refractivity contribution is -0.183. The minimum absolute atomic E-state index is 0.0139. The first kappa shape index (κ1) is 28.4. The molecule has 0 spiro atoms. The normalized spacial score (nSPS) is 27.1. The highest BCUT2D eigenvalue weighted by atomic mass is 35.5. The average Bonchev–Trinajstić information content (AvgIpc) is 3.63. The largest absolute Gasteiger partial charge is 0.481 e. The van der Waals surface area contributed by atoms with Crippen molar-refractivity contribution in [2.24, 2.45) is 5.92 Å². The van der Waals surface area contributed by atoms with Crippen LogP contribution in [-0.2, 0) is 24.3 Å². The minimum Gasteiger partial charge on any atom is -0.481 e. The Morgan fingerprint density at radius 2 is 1.79 bits per heavy atom. The van der Waals surface area contributed by atoms with Crippen LogP contribution in [-0.4, -0.2) is 65.1 Å². The van der Waals surface area contributed by atoms with Crippen molar-refractivity contribution >= 4 is 45.1 Å². The molecule has 1 saturated carbocycles. The maximum atomic E-state index is 14.1. The fourth-order valence-electron chi connectivity index (χ4n) is 5.92. The predicted octanol–water partition coefficient (Wildman–Crippen LogP) is 5.07. The number of carboxylic acid groups (broad SMARTS) is 1. The molecule has 1 N–H and O–H groups in total. The number of sulfonamides is 1. The number of hydrogen-bond acceptors (Lipinski definition) is 5. The summed E-state index contributed by atoms with van der Waals surface area (Å²) >= 11 is 12.5. The molecule has 2 saturated heterocycles. The Balaban J connectivity index is 1.63. The van der Waals surface area contributed by atoms with Crippen LogP contribution in [0.3, 0.4) is 0 Å². The molecule has 210 valence electrons. The van der Waals surface area contributed by atoms with E-state index < -0.39 is 52.6 Å². The van der Waals surface area contributed by atoms with Crippen LogP contribution in [0, 0.1) is 5.92 Å². The number of ether oxygens (including phenoxy) is 1. The van der Waals surface area contributed by atoms with E-state index in [1.807, 2.05) is 13.0 Å². The smallest absolute Gasteiger partial charge is 0.306 e. The number of carbonyl (C=O) groups is 2. The van der Waals surface area contributed by atoms with Crippen LogP contribution in [0.15, 0.2) is 48.5 Å². The second-order valence-corrected chi connectivity index (χ2v) is 13.6. The van der Waals surface area contributed by atoms with Crippen molar-refractivity contribution < 1.29 is 27.9 Å². The number of carboxylic acids is 1. The zero-order chi connectivity index (χ0) is 27.9. The SMILES string of the molecule is C[C@@H]1CCCN1S(=O)(=O)C[C@H](C1CC1)N1C(=O)[C@@H](CC(=O)O)O[C@H](c2cccc(Cl)c2)[C@H]1c1ccc(Cl)cc1. The second kappa shape index (κ2) is 11.4. The van der Waals surface area contributed by atoms with E-state index in [1.165, 1.54) is 0 Å². The number of morpholine rings is 1. The van der Waals surface area contributed by atoms with Crippen molar-refractivity contribution in [3.63, 3.8) is 0 Å². The van der Waals surface area contributed by atoms with Crippen LogP contribution in [0.25, 0.3) is 0 Å². The molecule has 1 amide bonds. The molecule has 0 radical (unpaired) electrons. The molecule has 5 atom stereocenters. The molecule has 5 rings (SSSR count). The van der Waals surface area contributed by atoms with Gasteiger partial charge in [-0.05, 0) is 73.9 Å². The summed E-state index contributed by atoms with van der Waals surface area (Å²) in [5, 5.41) is 10.6. The molecule has 0 aromatic heterocycles. The van der Waals surface area contributed by atoms with E-state index >= 15 is 0 Å². The highest BCUT2D eigenvalue weighted by molar-refractivity contribution is 7.89. The lowest BCUT2D eigenvalue weighted by Crippen LogP contribution is -2.58. The van der Waals surface area contributed by atoms with E-state index in [0.717, 1.165) is 25.7 Å². The third kappa shape index (κ3) is 6.12.